The molecule has 0 atom stereocenters. The van der Waals surface area contributed by atoms with E-state index in [1.165, 1.54) is 11.3 Å². The molecule has 8 heteroatoms. The van der Waals surface area contributed by atoms with Crippen molar-refractivity contribution in [2.24, 2.45) is 0 Å². The fourth-order valence-corrected chi connectivity index (χ4v) is 3.31. The van der Waals surface area contributed by atoms with Crippen molar-refractivity contribution in [1.82, 2.24) is 4.98 Å². The molecule has 1 amide bonds. The summed E-state index contributed by atoms with van der Waals surface area (Å²) in [6.07, 6.45) is 0. The lowest BCUT2D eigenvalue weighted by molar-refractivity contribution is -0.133. The predicted molar refractivity (Wildman–Crippen MR) is 80.9 cm³/mol. The highest BCUT2D eigenvalue weighted by molar-refractivity contribution is 9.10. The average Bonchev–Trinajstić information content (AvgIpc) is 2.69. The van der Waals surface area contributed by atoms with Gasteiger partial charge >= 0.3 is 5.97 Å². The van der Waals surface area contributed by atoms with Gasteiger partial charge in [0.2, 0.25) is 5.91 Å². The van der Waals surface area contributed by atoms with E-state index in [-0.39, 0.29) is 17.4 Å². The average molecular weight is 361 g/mol. The number of carboxylic acids is 1. The molecule has 1 aromatic heterocycles. The molecule has 19 heavy (non-hydrogen) atoms. The van der Waals surface area contributed by atoms with E-state index in [0.717, 1.165) is 26.5 Å². The number of halogens is 1. The van der Waals surface area contributed by atoms with Crippen LogP contribution in [0.3, 0.4) is 0 Å². The van der Waals surface area contributed by atoms with Crippen molar-refractivity contribution in [3.05, 3.63) is 22.7 Å². The second-order valence-corrected chi connectivity index (χ2v) is 6.50. The van der Waals surface area contributed by atoms with Crippen LogP contribution in [0, 0.1) is 0 Å². The third-order valence-electron chi connectivity index (χ3n) is 2.06. The molecule has 0 aliphatic heterocycles. The Kier molecular flexibility index (Phi) is 4.78. The van der Waals surface area contributed by atoms with Crippen molar-refractivity contribution < 1.29 is 14.7 Å². The van der Waals surface area contributed by atoms with Crippen LogP contribution in [0.25, 0.3) is 10.2 Å². The van der Waals surface area contributed by atoms with Crippen LogP contribution in [-0.2, 0) is 9.59 Å². The molecule has 0 spiro atoms. The van der Waals surface area contributed by atoms with E-state index in [0.29, 0.717) is 5.13 Å². The van der Waals surface area contributed by atoms with Crippen LogP contribution in [-0.4, -0.2) is 33.5 Å². The molecule has 5 nitrogen and oxygen atoms in total. The van der Waals surface area contributed by atoms with Crippen LogP contribution < -0.4 is 5.32 Å². The molecule has 1 heterocycles. The fraction of sp³-hybridized carbons (Fsp3) is 0.182. The molecule has 2 rings (SSSR count). The number of carbonyl (C=O) groups is 2. The Hall–Kier alpha value is -1.12. The number of aliphatic carboxylic acids is 1. The Morgan fingerprint density at radius 2 is 2.21 bits per heavy atom. The van der Waals surface area contributed by atoms with Crippen LogP contribution in [0.4, 0.5) is 5.13 Å². The molecule has 0 saturated carbocycles. The minimum absolute atomic E-state index is 0.0831. The van der Waals surface area contributed by atoms with Crippen molar-refractivity contribution in [2.45, 2.75) is 0 Å². The third-order valence-corrected chi connectivity index (χ3v) is 4.40. The van der Waals surface area contributed by atoms with Crippen molar-refractivity contribution in [3.63, 3.8) is 0 Å². The van der Waals surface area contributed by atoms with Gasteiger partial charge in [-0.2, -0.15) is 0 Å². The molecular formula is C11H9BrN2O3S2. The maximum absolute atomic E-state index is 11.6. The summed E-state index contributed by atoms with van der Waals surface area (Å²) in [5.74, 6) is -1.15. The number of nitrogens with zero attached hydrogens (tertiary/aromatic N) is 1. The number of anilines is 1. The summed E-state index contributed by atoms with van der Waals surface area (Å²) in [7, 11) is 0. The molecule has 0 aliphatic carbocycles. The van der Waals surface area contributed by atoms with E-state index in [4.69, 9.17) is 5.11 Å². The van der Waals surface area contributed by atoms with Gasteiger partial charge in [-0.1, -0.05) is 27.3 Å². The number of carbonyl (C=O) groups excluding carboxylic acids is 1. The molecular weight excluding hydrogens is 352 g/mol. The Balaban J connectivity index is 1.97. The first-order valence-electron chi connectivity index (χ1n) is 5.20. The van der Waals surface area contributed by atoms with Crippen LogP contribution >= 0.6 is 39.0 Å². The number of fused-ring (bicyclic) bond motifs is 1. The molecule has 2 N–H and O–H groups in total. The zero-order chi connectivity index (χ0) is 13.8. The summed E-state index contributed by atoms with van der Waals surface area (Å²) in [5.41, 5.74) is 0.821. The highest BCUT2D eigenvalue weighted by Gasteiger charge is 2.09. The first kappa shape index (κ1) is 14.3. The zero-order valence-corrected chi connectivity index (χ0v) is 12.8. The lowest BCUT2D eigenvalue weighted by Crippen LogP contribution is -2.15. The number of benzene rings is 1. The van der Waals surface area contributed by atoms with Gasteiger partial charge in [-0.15, -0.1) is 11.8 Å². The zero-order valence-electron chi connectivity index (χ0n) is 9.55. The minimum atomic E-state index is -0.928. The van der Waals surface area contributed by atoms with E-state index in [2.05, 4.69) is 26.2 Å². The summed E-state index contributed by atoms with van der Waals surface area (Å²) >= 11 is 5.81. The summed E-state index contributed by atoms with van der Waals surface area (Å²) in [6, 6.07) is 5.68. The van der Waals surface area contributed by atoms with E-state index in [9.17, 15) is 9.59 Å². The quantitative estimate of drug-likeness (QED) is 0.856. The summed E-state index contributed by atoms with van der Waals surface area (Å²) < 4.78 is 1.93. The first-order valence-corrected chi connectivity index (χ1v) is 7.96. The highest BCUT2D eigenvalue weighted by Crippen LogP contribution is 2.28. The van der Waals surface area contributed by atoms with Gasteiger partial charge in [-0.05, 0) is 18.2 Å². The van der Waals surface area contributed by atoms with Gasteiger partial charge < -0.3 is 10.4 Å². The van der Waals surface area contributed by atoms with Crippen LogP contribution in [0.1, 0.15) is 0 Å². The lowest BCUT2D eigenvalue weighted by Gasteiger charge is -1.99. The number of thioether (sulfide) groups is 1. The van der Waals surface area contributed by atoms with E-state index >= 15 is 0 Å². The fourth-order valence-electron chi connectivity index (χ4n) is 1.34. The number of amides is 1. The first-order chi connectivity index (χ1) is 9.04. The lowest BCUT2D eigenvalue weighted by atomic mass is 10.3. The number of hydrogen-bond donors (Lipinski definition) is 2. The van der Waals surface area contributed by atoms with Gasteiger partial charge in [0.25, 0.3) is 0 Å². The maximum Gasteiger partial charge on any atom is 0.313 e. The molecule has 0 bridgehead atoms. The monoisotopic (exact) mass is 360 g/mol. The van der Waals surface area contributed by atoms with Gasteiger partial charge in [0, 0.05) is 4.47 Å². The molecule has 0 radical (unpaired) electrons. The highest BCUT2D eigenvalue weighted by atomic mass is 79.9. The minimum Gasteiger partial charge on any atom is -0.481 e. The standard InChI is InChI=1S/C11H9BrN2O3S2/c12-6-1-2-7-8(3-6)19-11(13-7)14-9(15)4-18-5-10(16)17/h1-3H,4-5H2,(H,16,17)(H,13,14,15). The third kappa shape index (κ3) is 4.19. The summed E-state index contributed by atoms with van der Waals surface area (Å²) in [6.45, 7) is 0. The topological polar surface area (TPSA) is 79.3 Å². The van der Waals surface area contributed by atoms with Crippen molar-refractivity contribution in [2.75, 3.05) is 16.8 Å². The molecule has 1 aromatic carbocycles. The molecule has 0 unspecified atom stereocenters. The Bertz CT molecular complexity index is 629. The molecule has 0 aliphatic rings. The van der Waals surface area contributed by atoms with Crippen LogP contribution in [0.15, 0.2) is 22.7 Å². The number of hydrogen-bond acceptors (Lipinski definition) is 5. The normalized spacial score (nSPS) is 10.6. The molecule has 100 valence electrons. The van der Waals surface area contributed by atoms with Gasteiger partial charge in [-0.3, -0.25) is 9.59 Å². The second-order valence-electron chi connectivity index (χ2n) is 3.57. The van der Waals surface area contributed by atoms with Gasteiger partial charge in [0.15, 0.2) is 5.13 Å². The molecule has 0 fully saturated rings. The Labute approximate surface area is 125 Å². The summed E-state index contributed by atoms with van der Waals surface area (Å²) in [4.78, 5) is 26.2. The van der Waals surface area contributed by atoms with Gasteiger partial charge in [0.05, 0.1) is 21.7 Å². The number of rotatable bonds is 5. The van der Waals surface area contributed by atoms with Crippen molar-refractivity contribution in [3.8, 4) is 0 Å². The van der Waals surface area contributed by atoms with Crippen molar-refractivity contribution in [1.29, 1.82) is 0 Å². The van der Waals surface area contributed by atoms with Crippen molar-refractivity contribution >= 4 is 66.3 Å². The van der Waals surface area contributed by atoms with Gasteiger partial charge in [-0.25, -0.2) is 4.98 Å². The number of aromatic nitrogens is 1. The smallest absolute Gasteiger partial charge is 0.313 e. The molecule has 2 aromatic rings. The van der Waals surface area contributed by atoms with Crippen LogP contribution in [0.5, 0.6) is 0 Å². The SMILES string of the molecule is O=C(O)CSCC(=O)Nc1nc2ccc(Br)cc2s1. The number of thiazole rings is 1. The van der Waals surface area contributed by atoms with Crippen LogP contribution in [0.2, 0.25) is 0 Å². The predicted octanol–water partition coefficient (Wildman–Crippen LogP) is 2.82. The Morgan fingerprint density at radius 1 is 1.42 bits per heavy atom. The van der Waals surface area contributed by atoms with E-state index in [1.54, 1.807) is 0 Å². The van der Waals surface area contributed by atoms with E-state index in [1.807, 2.05) is 18.2 Å². The second kappa shape index (κ2) is 6.36. The Morgan fingerprint density at radius 3 is 2.95 bits per heavy atom. The number of carboxylic acid groups (broad SMARTS) is 1. The maximum atomic E-state index is 11.6. The van der Waals surface area contributed by atoms with Gasteiger partial charge in [0.1, 0.15) is 0 Å². The number of nitrogens with one attached hydrogen (secondary N) is 1. The van der Waals surface area contributed by atoms with E-state index < -0.39 is 5.97 Å². The molecule has 0 saturated heterocycles. The largest absolute Gasteiger partial charge is 0.481 e. The summed E-state index contributed by atoms with van der Waals surface area (Å²) in [5, 5.41) is 11.7.